The Balaban J connectivity index is 2.52. The molecule has 1 aromatic carbocycles. The number of alkyl carbamates (subject to hydrolysis) is 1. The van der Waals surface area contributed by atoms with Gasteiger partial charge in [0.05, 0.1) is 12.1 Å². The first-order valence-corrected chi connectivity index (χ1v) is 7.75. The smallest absolute Gasteiger partial charge is 0.407 e. The van der Waals surface area contributed by atoms with E-state index in [1.165, 1.54) is 0 Å². The van der Waals surface area contributed by atoms with E-state index in [2.05, 4.69) is 5.32 Å². The molecule has 0 heterocycles. The third-order valence-electron chi connectivity index (χ3n) is 3.36. The third-order valence-corrected chi connectivity index (χ3v) is 3.36. The molecule has 1 rings (SSSR count). The Morgan fingerprint density at radius 3 is 2.43 bits per heavy atom. The normalized spacial score (nSPS) is 13.4. The van der Waals surface area contributed by atoms with Gasteiger partial charge in [0.15, 0.2) is 0 Å². The summed E-state index contributed by atoms with van der Waals surface area (Å²) >= 11 is 0. The molecule has 3 N–H and O–H groups in total. The molecule has 1 amide bonds. The van der Waals surface area contributed by atoms with Gasteiger partial charge >= 0.3 is 12.1 Å². The van der Waals surface area contributed by atoms with Crippen LogP contribution in [0.4, 0.5) is 4.79 Å². The molecule has 0 saturated heterocycles. The number of aliphatic hydroxyl groups excluding tert-OH is 1. The summed E-state index contributed by atoms with van der Waals surface area (Å²) in [6.07, 6.45) is -0.961. The van der Waals surface area contributed by atoms with Crippen LogP contribution in [-0.2, 0) is 16.1 Å². The number of carbonyl (C=O) groups is 2. The van der Waals surface area contributed by atoms with Crippen LogP contribution in [0.15, 0.2) is 30.3 Å². The second-order valence-corrected chi connectivity index (χ2v) is 5.94. The van der Waals surface area contributed by atoms with Crippen LogP contribution in [0, 0.1) is 5.92 Å². The summed E-state index contributed by atoms with van der Waals surface area (Å²) in [4.78, 5) is 22.6. The van der Waals surface area contributed by atoms with Gasteiger partial charge in [-0.2, -0.15) is 0 Å². The third kappa shape index (κ3) is 8.21. The summed E-state index contributed by atoms with van der Waals surface area (Å²) in [5, 5.41) is 21.5. The van der Waals surface area contributed by atoms with Crippen molar-refractivity contribution in [3.8, 4) is 0 Å². The summed E-state index contributed by atoms with van der Waals surface area (Å²) < 4.78 is 5.11. The van der Waals surface area contributed by atoms with E-state index >= 15 is 0 Å². The van der Waals surface area contributed by atoms with E-state index in [1.807, 2.05) is 44.2 Å². The highest BCUT2D eigenvalue weighted by Gasteiger charge is 2.23. The number of rotatable bonds is 9. The first-order valence-electron chi connectivity index (χ1n) is 7.75. The van der Waals surface area contributed by atoms with Gasteiger partial charge in [0.2, 0.25) is 0 Å². The summed E-state index contributed by atoms with van der Waals surface area (Å²) in [5.41, 5.74) is 0.854. The molecule has 0 aliphatic carbocycles. The average Bonchev–Trinajstić information content (AvgIpc) is 2.49. The number of aliphatic hydroxyl groups is 1. The number of carbonyl (C=O) groups excluding carboxylic acids is 1. The van der Waals surface area contributed by atoms with E-state index in [-0.39, 0.29) is 25.4 Å². The lowest BCUT2D eigenvalue weighted by Gasteiger charge is -2.24. The van der Waals surface area contributed by atoms with Crippen molar-refractivity contribution >= 4 is 12.1 Å². The molecule has 1 aromatic rings. The van der Waals surface area contributed by atoms with Gasteiger partial charge in [-0.15, -0.1) is 0 Å². The molecule has 0 spiro atoms. The minimum Gasteiger partial charge on any atom is -0.481 e. The average molecular weight is 323 g/mol. The van der Waals surface area contributed by atoms with Crippen molar-refractivity contribution in [3.63, 3.8) is 0 Å². The summed E-state index contributed by atoms with van der Waals surface area (Å²) in [6, 6.07) is 8.59. The molecule has 0 unspecified atom stereocenters. The Kier molecular flexibility index (Phi) is 8.11. The van der Waals surface area contributed by atoms with Crippen molar-refractivity contribution in [2.24, 2.45) is 5.92 Å². The second kappa shape index (κ2) is 9.84. The lowest BCUT2D eigenvalue weighted by molar-refractivity contribution is -0.137. The summed E-state index contributed by atoms with van der Waals surface area (Å²) in [5.74, 6) is -0.731. The fraction of sp³-hybridized carbons (Fsp3) is 0.529. The molecule has 6 heteroatoms. The maximum atomic E-state index is 11.9. The van der Waals surface area contributed by atoms with Crippen LogP contribution in [0.5, 0.6) is 0 Å². The van der Waals surface area contributed by atoms with E-state index in [9.17, 15) is 14.7 Å². The maximum absolute atomic E-state index is 11.9. The highest BCUT2D eigenvalue weighted by Crippen LogP contribution is 2.13. The Morgan fingerprint density at radius 2 is 1.87 bits per heavy atom. The highest BCUT2D eigenvalue weighted by atomic mass is 16.5. The predicted molar refractivity (Wildman–Crippen MR) is 85.9 cm³/mol. The number of benzene rings is 1. The topological polar surface area (TPSA) is 95.9 Å². The largest absolute Gasteiger partial charge is 0.481 e. The lowest BCUT2D eigenvalue weighted by atomic mass is 9.97. The van der Waals surface area contributed by atoms with Gasteiger partial charge in [0, 0.05) is 6.42 Å². The van der Waals surface area contributed by atoms with Gasteiger partial charge in [-0.1, -0.05) is 44.2 Å². The predicted octanol–water partition coefficient (Wildman–Crippen LogP) is 2.55. The molecule has 128 valence electrons. The number of hydrogen-bond acceptors (Lipinski definition) is 4. The van der Waals surface area contributed by atoms with E-state index in [4.69, 9.17) is 9.84 Å². The number of amides is 1. The van der Waals surface area contributed by atoms with E-state index < -0.39 is 24.2 Å². The highest BCUT2D eigenvalue weighted by molar-refractivity contribution is 5.68. The minimum atomic E-state index is -0.966. The molecule has 2 atom stereocenters. The number of ether oxygens (including phenoxy) is 1. The zero-order chi connectivity index (χ0) is 17.2. The van der Waals surface area contributed by atoms with Crippen molar-refractivity contribution in [2.75, 3.05) is 0 Å². The van der Waals surface area contributed by atoms with Crippen LogP contribution in [0.1, 0.15) is 38.7 Å². The van der Waals surface area contributed by atoms with Crippen LogP contribution >= 0.6 is 0 Å². The van der Waals surface area contributed by atoms with Crippen molar-refractivity contribution in [2.45, 2.75) is 51.9 Å². The van der Waals surface area contributed by atoms with E-state index in [0.29, 0.717) is 6.42 Å². The van der Waals surface area contributed by atoms with Crippen molar-refractivity contribution in [1.29, 1.82) is 0 Å². The zero-order valence-corrected chi connectivity index (χ0v) is 13.6. The van der Waals surface area contributed by atoms with Gasteiger partial charge in [-0.25, -0.2) is 4.79 Å². The molecule has 0 aliphatic heterocycles. The van der Waals surface area contributed by atoms with Gasteiger partial charge < -0.3 is 20.3 Å². The zero-order valence-electron chi connectivity index (χ0n) is 13.6. The Hall–Kier alpha value is -2.08. The quantitative estimate of drug-likeness (QED) is 0.649. The Labute approximate surface area is 136 Å². The molecule has 0 saturated carbocycles. The molecular weight excluding hydrogens is 298 g/mol. The van der Waals surface area contributed by atoms with Crippen molar-refractivity contribution < 1.29 is 24.5 Å². The molecule has 0 aliphatic rings. The van der Waals surface area contributed by atoms with Crippen molar-refractivity contribution in [3.05, 3.63) is 35.9 Å². The fourth-order valence-corrected chi connectivity index (χ4v) is 2.20. The van der Waals surface area contributed by atoms with Crippen LogP contribution in [0.25, 0.3) is 0 Å². The molecule has 0 bridgehead atoms. The summed E-state index contributed by atoms with van der Waals surface area (Å²) in [7, 11) is 0. The second-order valence-electron chi connectivity index (χ2n) is 5.94. The molecule has 23 heavy (non-hydrogen) atoms. The van der Waals surface area contributed by atoms with Crippen LogP contribution in [0.3, 0.4) is 0 Å². The number of hydrogen-bond donors (Lipinski definition) is 3. The number of aliphatic carboxylic acids is 1. The first-order chi connectivity index (χ1) is 10.9. The molecule has 0 aromatic heterocycles. The molecule has 0 radical (unpaired) electrons. The van der Waals surface area contributed by atoms with Crippen molar-refractivity contribution in [1.82, 2.24) is 5.32 Å². The standard InChI is InChI=1S/C17H25NO5/c1-12(2)10-15(19)14(8-9-16(20)21)18-17(22)23-11-13-6-4-3-5-7-13/h3-7,12,14-15,19H,8-11H2,1-2H3,(H,18,22)(H,20,21)/t14-,15-/m0/s1. The fourth-order valence-electron chi connectivity index (χ4n) is 2.20. The minimum absolute atomic E-state index is 0.124. The number of nitrogens with one attached hydrogen (secondary N) is 1. The Bertz CT molecular complexity index is 489. The van der Waals surface area contributed by atoms with Crippen LogP contribution in [-0.4, -0.2) is 34.4 Å². The monoisotopic (exact) mass is 323 g/mol. The van der Waals surface area contributed by atoms with Gasteiger partial charge in [-0.05, 0) is 24.3 Å². The van der Waals surface area contributed by atoms with E-state index in [1.54, 1.807) is 0 Å². The maximum Gasteiger partial charge on any atom is 0.407 e. The SMILES string of the molecule is CC(C)C[C@H](O)[C@H](CCC(=O)O)NC(=O)OCc1ccccc1. The summed E-state index contributed by atoms with van der Waals surface area (Å²) in [6.45, 7) is 4.02. The molecule has 6 nitrogen and oxygen atoms in total. The van der Waals surface area contributed by atoms with Crippen LogP contribution < -0.4 is 5.32 Å². The lowest BCUT2D eigenvalue weighted by Crippen LogP contribution is -2.44. The number of carboxylic acids is 1. The van der Waals surface area contributed by atoms with Gasteiger partial charge in [-0.3, -0.25) is 4.79 Å². The Morgan fingerprint density at radius 1 is 1.22 bits per heavy atom. The molecular formula is C17H25NO5. The number of carboxylic acid groups (broad SMARTS) is 1. The molecule has 0 fully saturated rings. The van der Waals surface area contributed by atoms with E-state index in [0.717, 1.165) is 5.56 Å². The van der Waals surface area contributed by atoms with Gasteiger partial charge in [0.25, 0.3) is 0 Å². The van der Waals surface area contributed by atoms with Gasteiger partial charge in [0.1, 0.15) is 6.61 Å². The van der Waals surface area contributed by atoms with Crippen LogP contribution in [0.2, 0.25) is 0 Å². The first kappa shape index (κ1) is 19.0.